The minimum absolute atomic E-state index is 0.0427. The fourth-order valence-electron chi connectivity index (χ4n) is 8.95. The van der Waals surface area contributed by atoms with Crippen LogP contribution >= 0.6 is 0 Å². The van der Waals surface area contributed by atoms with Crippen molar-refractivity contribution in [3.05, 3.63) is 189 Å². The van der Waals surface area contributed by atoms with E-state index in [2.05, 4.69) is 217 Å². The Labute approximate surface area is 374 Å². The molecule has 2 aliphatic rings. The number of aliphatic imine (C=N–C) groups is 2. The highest BCUT2D eigenvalue weighted by atomic mass is 16.5. The molecule has 4 atom stereocenters. The van der Waals surface area contributed by atoms with Crippen LogP contribution < -0.4 is 0 Å². The van der Waals surface area contributed by atoms with E-state index >= 15 is 0 Å². The third-order valence-electron chi connectivity index (χ3n) is 13.0. The van der Waals surface area contributed by atoms with Gasteiger partial charge in [-0.1, -0.05) is 204 Å². The van der Waals surface area contributed by atoms with Crippen molar-refractivity contribution in [1.29, 1.82) is 0 Å². The SMILES string of the molecule is CC(C)(C)c1ccc(C2N=C(c3cccc4c3oc3c(C5=NC(c6ccc(C(C)(C)C)cc6)C(c6ccc(C(C)(C)C)cc6)O5)cccc34)OC2c2ccc(C(C)(C)C)cc2)cc1. The molecule has 5 nitrogen and oxygen atoms in total. The van der Waals surface area contributed by atoms with Crippen LogP contribution in [0.1, 0.15) is 163 Å². The molecule has 63 heavy (non-hydrogen) atoms. The lowest BCUT2D eigenvalue weighted by Crippen LogP contribution is -2.13. The van der Waals surface area contributed by atoms with Crippen LogP contribution in [0, 0.1) is 0 Å². The zero-order valence-corrected chi connectivity index (χ0v) is 39.1. The van der Waals surface area contributed by atoms with Crippen LogP contribution in [0.15, 0.2) is 148 Å². The maximum absolute atomic E-state index is 6.99. The quantitative estimate of drug-likeness (QED) is 0.168. The predicted molar refractivity (Wildman–Crippen MR) is 260 cm³/mol. The average molecular weight is 835 g/mol. The third kappa shape index (κ3) is 8.12. The summed E-state index contributed by atoms with van der Waals surface area (Å²) in [6.07, 6.45) is -0.621. The molecule has 0 radical (unpaired) electrons. The highest BCUT2D eigenvalue weighted by Crippen LogP contribution is 2.46. The summed E-state index contributed by atoms with van der Waals surface area (Å²) in [6.45, 7) is 26.9. The molecule has 6 aromatic carbocycles. The molecule has 0 spiro atoms. The van der Waals surface area contributed by atoms with Gasteiger partial charge < -0.3 is 13.9 Å². The second kappa shape index (κ2) is 15.4. The molecule has 2 aliphatic heterocycles. The van der Waals surface area contributed by atoms with E-state index in [-0.39, 0.29) is 46.0 Å². The number of hydrogen-bond acceptors (Lipinski definition) is 5. The second-order valence-corrected chi connectivity index (χ2v) is 21.8. The number of furan rings is 1. The van der Waals surface area contributed by atoms with Crippen molar-refractivity contribution in [1.82, 2.24) is 0 Å². The molecular formula is C58H62N2O3. The summed E-state index contributed by atoms with van der Waals surface area (Å²) >= 11 is 0. The van der Waals surface area contributed by atoms with Crippen molar-refractivity contribution in [3.8, 4) is 0 Å². The van der Waals surface area contributed by atoms with Gasteiger partial charge in [0.2, 0.25) is 11.8 Å². The van der Waals surface area contributed by atoms with Crippen molar-refractivity contribution in [2.24, 2.45) is 9.98 Å². The molecule has 0 aliphatic carbocycles. The van der Waals surface area contributed by atoms with Crippen molar-refractivity contribution in [2.75, 3.05) is 0 Å². The first-order valence-corrected chi connectivity index (χ1v) is 22.6. The Morgan fingerprint density at radius 3 is 0.921 bits per heavy atom. The Balaban J connectivity index is 1.12. The van der Waals surface area contributed by atoms with E-state index < -0.39 is 0 Å². The summed E-state index contributed by atoms with van der Waals surface area (Å²) < 4.78 is 21.0. The van der Waals surface area contributed by atoms with Crippen molar-refractivity contribution in [2.45, 2.75) is 129 Å². The number of rotatable bonds is 6. The summed E-state index contributed by atoms with van der Waals surface area (Å²) in [7, 11) is 0. The molecule has 322 valence electrons. The highest BCUT2D eigenvalue weighted by Gasteiger charge is 2.38. The second-order valence-electron chi connectivity index (χ2n) is 21.8. The van der Waals surface area contributed by atoms with E-state index in [1.165, 1.54) is 22.3 Å². The van der Waals surface area contributed by atoms with Gasteiger partial charge >= 0.3 is 0 Å². The van der Waals surface area contributed by atoms with Gasteiger partial charge in [0.15, 0.2) is 12.2 Å². The number of benzene rings is 6. The minimum Gasteiger partial charge on any atom is -0.466 e. The van der Waals surface area contributed by atoms with Gasteiger partial charge in [-0.2, -0.15) is 0 Å². The molecule has 0 fully saturated rings. The van der Waals surface area contributed by atoms with Crippen LogP contribution in [0.4, 0.5) is 0 Å². The summed E-state index contributed by atoms with van der Waals surface area (Å²) in [5, 5.41) is 1.98. The van der Waals surface area contributed by atoms with E-state index in [1.54, 1.807) is 0 Å². The fraction of sp³-hybridized carbons (Fsp3) is 0.345. The molecule has 0 saturated heterocycles. The molecule has 0 amide bonds. The molecule has 9 rings (SSSR count). The minimum atomic E-state index is -0.310. The average Bonchev–Trinajstić information content (AvgIpc) is 3.99. The van der Waals surface area contributed by atoms with Gasteiger partial charge in [0.1, 0.15) is 23.2 Å². The molecule has 0 saturated carbocycles. The maximum atomic E-state index is 6.99. The Hall–Kier alpha value is -5.94. The van der Waals surface area contributed by atoms with Crippen LogP contribution in [-0.4, -0.2) is 11.8 Å². The van der Waals surface area contributed by atoms with Crippen LogP contribution in [-0.2, 0) is 31.1 Å². The topological polar surface area (TPSA) is 56.3 Å². The summed E-state index contributed by atoms with van der Waals surface area (Å²) in [5.41, 5.74) is 12.8. The maximum Gasteiger partial charge on any atom is 0.221 e. The van der Waals surface area contributed by atoms with E-state index in [1.807, 2.05) is 0 Å². The van der Waals surface area contributed by atoms with Gasteiger partial charge in [0.05, 0.1) is 11.1 Å². The van der Waals surface area contributed by atoms with Crippen LogP contribution in [0.25, 0.3) is 21.9 Å². The predicted octanol–water partition coefficient (Wildman–Crippen LogP) is 15.3. The summed E-state index contributed by atoms with van der Waals surface area (Å²) in [4.78, 5) is 10.8. The molecule has 5 heteroatoms. The summed E-state index contributed by atoms with van der Waals surface area (Å²) in [6, 6.07) is 47.5. The van der Waals surface area contributed by atoms with E-state index in [4.69, 9.17) is 23.9 Å². The molecule has 1 aromatic heterocycles. The zero-order chi connectivity index (χ0) is 44.6. The normalized spacial score (nSPS) is 19.6. The Morgan fingerprint density at radius 1 is 0.349 bits per heavy atom. The number of hydrogen-bond donors (Lipinski definition) is 0. The van der Waals surface area contributed by atoms with Gasteiger partial charge in [-0.3, -0.25) is 0 Å². The number of nitrogens with zero attached hydrogens (tertiary/aromatic N) is 2. The van der Waals surface area contributed by atoms with Crippen LogP contribution in [0.2, 0.25) is 0 Å². The number of para-hydroxylation sites is 2. The smallest absolute Gasteiger partial charge is 0.221 e. The molecule has 4 unspecified atom stereocenters. The van der Waals surface area contributed by atoms with Gasteiger partial charge in [-0.25, -0.2) is 9.98 Å². The monoisotopic (exact) mass is 834 g/mol. The largest absolute Gasteiger partial charge is 0.466 e. The lowest BCUT2D eigenvalue weighted by atomic mass is 9.84. The Bertz CT molecular complexity index is 2650. The van der Waals surface area contributed by atoms with E-state index in [0.717, 1.165) is 55.3 Å². The third-order valence-corrected chi connectivity index (χ3v) is 13.0. The summed E-state index contributed by atoms with van der Waals surface area (Å²) in [5.74, 6) is 1.14. The van der Waals surface area contributed by atoms with Gasteiger partial charge in [0.25, 0.3) is 0 Å². The van der Waals surface area contributed by atoms with Gasteiger partial charge in [-0.05, 0) is 78.3 Å². The Kier molecular flexibility index (Phi) is 10.4. The van der Waals surface area contributed by atoms with Crippen molar-refractivity contribution >= 4 is 33.7 Å². The fourth-order valence-corrected chi connectivity index (χ4v) is 8.95. The zero-order valence-electron chi connectivity index (χ0n) is 39.1. The lowest BCUT2D eigenvalue weighted by Gasteiger charge is -2.23. The first-order valence-electron chi connectivity index (χ1n) is 22.6. The van der Waals surface area contributed by atoms with Crippen LogP contribution in [0.5, 0.6) is 0 Å². The highest BCUT2D eigenvalue weighted by molar-refractivity contribution is 6.17. The molecule has 7 aromatic rings. The van der Waals surface area contributed by atoms with E-state index in [0.29, 0.717) is 11.8 Å². The lowest BCUT2D eigenvalue weighted by molar-refractivity contribution is 0.197. The van der Waals surface area contributed by atoms with Crippen molar-refractivity contribution < 1.29 is 13.9 Å². The first-order chi connectivity index (χ1) is 29.7. The van der Waals surface area contributed by atoms with Crippen molar-refractivity contribution in [3.63, 3.8) is 0 Å². The van der Waals surface area contributed by atoms with Gasteiger partial charge in [0, 0.05) is 10.8 Å². The molecule has 0 N–H and O–H groups in total. The van der Waals surface area contributed by atoms with E-state index in [9.17, 15) is 0 Å². The van der Waals surface area contributed by atoms with Gasteiger partial charge in [-0.15, -0.1) is 0 Å². The molecular weight excluding hydrogens is 773 g/mol. The number of ether oxygens (including phenoxy) is 2. The Morgan fingerprint density at radius 2 is 0.635 bits per heavy atom. The standard InChI is InChI=1S/C58H62N2O3/c1-55(2,3)39-27-19-35(20-28-39)47-49(37-23-31-41(32-24-37)57(7,8)9)62-53(59-47)45-17-13-15-43-44-16-14-18-46(52(44)61-51(43)45)54-60-48(36-21-29-40(30-22-36)56(4,5)6)50(63-54)38-25-33-42(34-26-38)58(10,11)12/h13-34,47-50H,1-12H3. The molecule has 3 heterocycles. The number of fused-ring (bicyclic) bond motifs is 3. The van der Waals surface area contributed by atoms with Crippen LogP contribution in [0.3, 0.4) is 0 Å². The first kappa shape index (κ1) is 42.4. The molecule has 0 bridgehead atoms.